The Labute approximate surface area is 166 Å². The van der Waals surface area contributed by atoms with Gasteiger partial charge in [-0.1, -0.05) is 65.7 Å². The van der Waals surface area contributed by atoms with Crippen LogP contribution in [0.5, 0.6) is 5.75 Å². The van der Waals surface area contributed by atoms with Gasteiger partial charge in [-0.15, -0.1) is 0 Å². The van der Waals surface area contributed by atoms with Crippen molar-refractivity contribution in [2.45, 2.75) is 25.7 Å². The molecule has 1 aliphatic carbocycles. The standard InChI is InChI=1S/C25H25NO2/c1-17-7-11-19(12-8-17)25(20-13-9-18(2)10-14-20)16-23(25)24(27)26-21-5-4-6-22(15-21)28-3/h4-15,23H,16H2,1-3H3,(H,26,27)/t23-/m0/s1. The molecule has 0 unspecified atom stereocenters. The summed E-state index contributed by atoms with van der Waals surface area (Å²) in [7, 11) is 1.63. The lowest BCUT2D eigenvalue weighted by Gasteiger charge is -2.19. The summed E-state index contributed by atoms with van der Waals surface area (Å²) in [6.45, 7) is 4.17. The first kappa shape index (κ1) is 18.3. The summed E-state index contributed by atoms with van der Waals surface area (Å²) in [5.41, 5.74) is 5.35. The van der Waals surface area contributed by atoms with Gasteiger partial charge in [0.2, 0.25) is 5.91 Å². The molecule has 0 saturated heterocycles. The van der Waals surface area contributed by atoms with Crippen LogP contribution in [0, 0.1) is 19.8 Å². The fraction of sp³-hybridized carbons (Fsp3) is 0.240. The highest BCUT2D eigenvalue weighted by Crippen LogP contribution is 2.59. The number of anilines is 1. The normalized spacial score (nSPS) is 17.0. The maximum atomic E-state index is 13.1. The Hall–Kier alpha value is -3.07. The van der Waals surface area contributed by atoms with Crippen molar-refractivity contribution >= 4 is 11.6 Å². The van der Waals surface area contributed by atoms with E-state index in [0.29, 0.717) is 0 Å². The van der Waals surface area contributed by atoms with Crippen molar-refractivity contribution in [2.24, 2.45) is 5.92 Å². The first-order chi connectivity index (χ1) is 13.5. The Balaban J connectivity index is 1.65. The SMILES string of the molecule is COc1cccc(NC(=O)[C@@H]2CC2(c2ccc(C)cc2)c2ccc(C)cc2)c1. The summed E-state index contributed by atoms with van der Waals surface area (Å²) in [6, 6.07) is 24.6. The van der Waals surface area contributed by atoms with E-state index in [4.69, 9.17) is 4.74 Å². The Morgan fingerprint density at radius 2 is 1.50 bits per heavy atom. The van der Waals surface area contributed by atoms with E-state index in [1.165, 1.54) is 22.3 Å². The fourth-order valence-corrected chi connectivity index (χ4v) is 4.02. The second kappa shape index (κ2) is 7.16. The van der Waals surface area contributed by atoms with Gasteiger partial charge >= 0.3 is 0 Å². The number of amides is 1. The van der Waals surface area contributed by atoms with E-state index in [9.17, 15) is 4.79 Å². The van der Waals surface area contributed by atoms with Gasteiger partial charge < -0.3 is 10.1 Å². The molecule has 0 bridgehead atoms. The molecule has 1 aliphatic rings. The highest BCUT2D eigenvalue weighted by Gasteiger charge is 2.60. The van der Waals surface area contributed by atoms with Crippen molar-refractivity contribution in [3.8, 4) is 5.75 Å². The number of benzene rings is 3. The van der Waals surface area contributed by atoms with Crippen LogP contribution in [0.15, 0.2) is 72.8 Å². The summed E-state index contributed by atoms with van der Waals surface area (Å²) in [6.07, 6.45) is 0.814. The van der Waals surface area contributed by atoms with Gasteiger partial charge in [0, 0.05) is 17.2 Å². The molecule has 0 radical (unpaired) electrons. The molecule has 3 aromatic rings. The third-order valence-electron chi connectivity index (χ3n) is 5.75. The van der Waals surface area contributed by atoms with Gasteiger partial charge in [0.25, 0.3) is 0 Å². The number of hydrogen-bond donors (Lipinski definition) is 1. The van der Waals surface area contributed by atoms with E-state index in [0.717, 1.165) is 17.9 Å². The first-order valence-electron chi connectivity index (χ1n) is 9.62. The quantitative estimate of drug-likeness (QED) is 0.665. The second-order valence-electron chi connectivity index (χ2n) is 7.68. The fourth-order valence-electron chi connectivity index (χ4n) is 4.02. The van der Waals surface area contributed by atoms with Crippen LogP contribution >= 0.6 is 0 Å². The van der Waals surface area contributed by atoms with Crippen molar-refractivity contribution in [3.05, 3.63) is 95.1 Å². The third-order valence-corrected chi connectivity index (χ3v) is 5.75. The lowest BCUT2D eigenvalue weighted by molar-refractivity contribution is -0.117. The van der Waals surface area contributed by atoms with E-state index in [-0.39, 0.29) is 17.2 Å². The van der Waals surface area contributed by atoms with Gasteiger partial charge in [0.1, 0.15) is 5.75 Å². The minimum absolute atomic E-state index is 0.0504. The van der Waals surface area contributed by atoms with E-state index in [1.807, 2.05) is 24.3 Å². The van der Waals surface area contributed by atoms with Crippen LogP contribution in [0.1, 0.15) is 28.7 Å². The monoisotopic (exact) mass is 371 g/mol. The van der Waals surface area contributed by atoms with E-state index < -0.39 is 0 Å². The Kier molecular flexibility index (Phi) is 4.68. The minimum Gasteiger partial charge on any atom is -0.497 e. The number of carbonyl (C=O) groups is 1. The average Bonchev–Trinajstić information content (AvgIpc) is 3.46. The smallest absolute Gasteiger partial charge is 0.228 e. The summed E-state index contributed by atoms with van der Waals surface area (Å²) < 4.78 is 5.26. The van der Waals surface area contributed by atoms with Crippen molar-refractivity contribution in [3.63, 3.8) is 0 Å². The lowest BCUT2D eigenvalue weighted by atomic mass is 9.85. The number of aryl methyl sites for hydroxylation is 2. The van der Waals surface area contributed by atoms with Crippen LogP contribution in [0.25, 0.3) is 0 Å². The summed E-state index contributed by atoms with van der Waals surface area (Å²) in [5.74, 6) is 0.690. The molecule has 1 atom stereocenters. The summed E-state index contributed by atoms with van der Waals surface area (Å²) in [5, 5.41) is 3.08. The van der Waals surface area contributed by atoms with Crippen LogP contribution in [-0.4, -0.2) is 13.0 Å². The highest BCUT2D eigenvalue weighted by atomic mass is 16.5. The largest absolute Gasteiger partial charge is 0.497 e. The molecule has 1 fully saturated rings. The Morgan fingerprint density at radius 3 is 2.04 bits per heavy atom. The molecule has 3 aromatic carbocycles. The van der Waals surface area contributed by atoms with E-state index in [2.05, 4.69) is 67.7 Å². The van der Waals surface area contributed by atoms with Gasteiger partial charge in [-0.2, -0.15) is 0 Å². The summed E-state index contributed by atoms with van der Waals surface area (Å²) in [4.78, 5) is 13.1. The van der Waals surface area contributed by atoms with Crippen LogP contribution in [-0.2, 0) is 10.2 Å². The van der Waals surface area contributed by atoms with Gasteiger partial charge in [0.15, 0.2) is 0 Å². The van der Waals surface area contributed by atoms with Gasteiger partial charge in [-0.25, -0.2) is 0 Å². The lowest BCUT2D eigenvalue weighted by Crippen LogP contribution is -2.22. The molecule has 0 aromatic heterocycles. The number of rotatable bonds is 5. The minimum atomic E-state index is -0.260. The molecule has 0 aliphatic heterocycles. The number of methoxy groups -OCH3 is 1. The zero-order chi connectivity index (χ0) is 19.7. The zero-order valence-electron chi connectivity index (χ0n) is 16.5. The maximum absolute atomic E-state index is 13.1. The zero-order valence-corrected chi connectivity index (χ0v) is 16.5. The van der Waals surface area contributed by atoms with Crippen LogP contribution in [0.3, 0.4) is 0 Å². The maximum Gasteiger partial charge on any atom is 0.228 e. The molecule has 28 heavy (non-hydrogen) atoms. The van der Waals surface area contributed by atoms with Crippen LogP contribution in [0.4, 0.5) is 5.69 Å². The predicted octanol–water partition coefficient (Wildman–Crippen LogP) is 5.26. The highest BCUT2D eigenvalue weighted by molar-refractivity contribution is 5.97. The first-order valence-corrected chi connectivity index (χ1v) is 9.62. The predicted molar refractivity (Wildman–Crippen MR) is 113 cm³/mol. The molecule has 3 heteroatoms. The van der Waals surface area contributed by atoms with E-state index in [1.54, 1.807) is 7.11 Å². The second-order valence-corrected chi connectivity index (χ2v) is 7.68. The molecular weight excluding hydrogens is 346 g/mol. The van der Waals surface area contributed by atoms with Gasteiger partial charge in [-0.05, 0) is 43.5 Å². The molecule has 3 nitrogen and oxygen atoms in total. The summed E-state index contributed by atoms with van der Waals surface area (Å²) >= 11 is 0. The van der Waals surface area contributed by atoms with Gasteiger partial charge in [-0.3, -0.25) is 4.79 Å². The van der Waals surface area contributed by atoms with Crippen molar-refractivity contribution in [1.29, 1.82) is 0 Å². The van der Waals surface area contributed by atoms with Crippen molar-refractivity contribution in [1.82, 2.24) is 0 Å². The van der Waals surface area contributed by atoms with Crippen molar-refractivity contribution in [2.75, 3.05) is 12.4 Å². The molecule has 1 N–H and O–H groups in total. The Morgan fingerprint density at radius 1 is 0.929 bits per heavy atom. The topological polar surface area (TPSA) is 38.3 Å². The molecule has 4 rings (SSSR count). The van der Waals surface area contributed by atoms with Crippen LogP contribution < -0.4 is 10.1 Å². The number of ether oxygens (including phenoxy) is 1. The van der Waals surface area contributed by atoms with Crippen LogP contribution in [0.2, 0.25) is 0 Å². The molecule has 0 spiro atoms. The Bertz CT molecular complexity index is 944. The average molecular weight is 371 g/mol. The van der Waals surface area contributed by atoms with Gasteiger partial charge in [0.05, 0.1) is 13.0 Å². The molecule has 1 saturated carbocycles. The number of carbonyl (C=O) groups excluding carboxylic acids is 1. The number of hydrogen-bond acceptors (Lipinski definition) is 2. The molecule has 1 amide bonds. The van der Waals surface area contributed by atoms with E-state index >= 15 is 0 Å². The molecule has 0 heterocycles. The number of nitrogens with one attached hydrogen (secondary N) is 1. The van der Waals surface area contributed by atoms with Crippen molar-refractivity contribution < 1.29 is 9.53 Å². The molecule has 142 valence electrons. The third kappa shape index (κ3) is 3.29. The molecular formula is C25H25NO2.